The Morgan fingerprint density at radius 2 is 2.20 bits per heavy atom. The first kappa shape index (κ1) is 13.5. The van der Waals surface area contributed by atoms with Crippen LogP contribution < -0.4 is 0 Å². The molecule has 0 bridgehead atoms. The van der Waals surface area contributed by atoms with Gasteiger partial charge in [0, 0.05) is 19.3 Å². The van der Waals surface area contributed by atoms with Crippen LogP contribution in [0, 0.1) is 10.6 Å². The van der Waals surface area contributed by atoms with Gasteiger partial charge in [-0.15, -0.1) is 0 Å². The zero-order chi connectivity index (χ0) is 14.4. The van der Waals surface area contributed by atoms with Crippen LogP contribution in [0.4, 0.5) is 4.39 Å². The lowest BCUT2D eigenvalue weighted by Gasteiger charge is -2.04. The monoisotopic (exact) mass is 354 g/mol. The molecule has 3 rings (SSSR count). The smallest absolute Gasteiger partial charge is 0.182 e. The molecule has 0 atom stereocenters. The van der Waals surface area contributed by atoms with Crippen molar-refractivity contribution in [2.24, 2.45) is 7.05 Å². The van der Waals surface area contributed by atoms with Gasteiger partial charge in [-0.3, -0.25) is 9.25 Å². The summed E-state index contributed by atoms with van der Waals surface area (Å²) >= 11 is 8.55. The molecule has 0 aliphatic carbocycles. The Balaban J connectivity index is 2.38. The minimum absolute atomic E-state index is 0.317. The van der Waals surface area contributed by atoms with E-state index < -0.39 is 0 Å². The summed E-state index contributed by atoms with van der Waals surface area (Å²) in [5, 5.41) is 4.41. The van der Waals surface area contributed by atoms with Crippen molar-refractivity contribution < 1.29 is 4.39 Å². The maximum atomic E-state index is 13.8. The number of nitrogens with zero attached hydrogens (tertiary/aromatic N) is 3. The minimum Gasteiger partial charge on any atom is -0.330 e. The summed E-state index contributed by atoms with van der Waals surface area (Å²) in [5.74, 6) is -0.317. The highest BCUT2D eigenvalue weighted by molar-refractivity contribution is 9.10. The van der Waals surface area contributed by atoms with E-state index in [1.54, 1.807) is 10.7 Å². The molecule has 0 spiro atoms. The van der Waals surface area contributed by atoms with Gasteiger partial charge in [-0.05, 0) is 40.6 Å². The normalized spacial score (nSPS) is 11.4. The molecule has 4 nitrogen and oxygen atoms in total. The maximum Gasteiger partial charge on any atom is 0.182 e. The Bertz CT molecular complexity index is 861. The number of hydrogen-bond acceptors (Lipinski definition) is 2. The van der Waals surface area contributed by atoms with Crippen molar-refractivity contribution in [3.63, 3.8) is 0 Å². The van der Waals surface area contributed by atoms with Gasteiger partial charge in [0.1, 0.15) is 5.82 Å². The molecule has 104 valence electrons. The molecular weight excluding hydrogens is 343 g/mol. The average Bonchev–Trinajstić information content (AvgIpc) is 2.89. The summed E-state index contributed by atoms with van der Waals surface area (Å²) in [6, 6.07) is 3.16. The average molecular weight is 355 g/mol. The molecule has 0 fully saturated rings. The van der Waals surface area contributed by atoms with E-state index in [4.69, 9.17) is 12.2 Å². The van der Waals surface area contributed by atoms with Crippen LogP contribution in [-0.2, 0) is 13.5 Å². The quantitative estimate of drug-likeness (QED) is 0.709. The van der Waals surface area contributed by atoms with E-state index in [0.29, 0.717) is 14.8 Å². The van der Waals surface area contributed by atoms with Crippen molar-refractivity contribution in [3.05, 3.63) is 39.1 Å². The van der Waals surface area contributed by atoms with Gasteiger partial charge < -0.3 is 4.98 Å². The van der Waals surface area contributed by atoms with Crippen LogP contribution in [0.2, 0.25) is 0 Å². The van der Waals surface area contributed by atoms with Crippen LogP contribution in [0.1, 0.15) is 12.6 Å². The standard InChI is InChI=1S/C13H12BrFN4S/c1-3-9-12(6-18(2)17-9)19-11-5-8(15)7(14)4-10(11)16-13(19)20/h4-6H,3H2,1-2H3,(H,16,20). The number of benzene rings is 1. The van der Waals surface area contributed by atoms with Gasteiger partial charge in [-0.2, -0.15) is 5.10 Å². The molecule has 0 aliphatic heterocycles. The van der Waals surface area contributed by atoms with Crippen LogP contribution in [-0.4, -0.2) is 19.3 Å². The summed E-state index contributed by atoms with van der Waals surface area (Å²) in [6.07, 6.45) is 2.67. The van der Waals surface area contributed by atoms with Gasteiger partial charge in [0.05, 0.1) is 26.9 Å². The number of aromatic nitrogens is 4. The second-order valence-electron chi connectivity index (χ2n) is 4.54. The summed E-state index contributed by atoms with van der Waals surface area (Å²) in [6.45, 7) is 2.03. The Morgan fingerprint density at radius 3 is 2.90 bits per heavy atom. The number of hydrogen-bond donors (Lipinski definition) is 1. The van der Waals surface area contributed by atoms with Gasteiger partial charge in [0.15, 0.2) is 4.77 Å². The predicted molar refractivity (Wildman–Crippen MR) is 82.3 cm³/mol. The van der Waals surface area contributed by atoms with E-state index in [0.717, 1.165) is 23.3 Å². The third kappa shape index (κ3) is 2.01. The summed E-state index contributed by atoms with van der Waals surface area (Å²) in [4.78, 5) is 3.10. The van der Waals surface area contributed by atoms with Crippen LogP contribution in [0.15, 0.2) is 22.8 Å². The van der Waals surface area contributed by atoms with E-state index in [1.807, 2.05) is 24.7 Å². The number of rotatable bonds is 2. The Kier molecular flexibility index (Phi) is 3.25. The van der Waals surface area contributed by atoms with Crippen LogP contribution >= 0.6 is 28.1 Å². The van der Waals surface area contributed by atoms with E-state index in [2.05, 4.69) is 26.0 Å². The van der Waals surface area contributed by atoms with E-state index in [-0.39, 0.29) is 5.82 Å². The molecule has 0 amide bonds. The lowest BCUT2D eigenvalue weighted by molar-refractivity contribution is 0.622. The molecule has 0 radical (unpaired) electrons. The number of fused-ring (bicyclic) bond motifs is 1. The fourth-order valence-corrected chi connectivity index (χ4v) is 2.95. The molecule has 7 heteroatoms. The molecule has 0 aliphatic rings. The molecule has 20 heavy (non-hydrogen) atoms. The van der Waals surface area contributed by atoms with Crippen molar-refractivity contribution in [3.8, 4) is 5.69 Å². The van der Waals surface area contributed by atoms with Crippen molar-refractivity contribution in [1.82, 2.24) is 19.3 Å². The molecule has 2 heterocycles. The number of halogens is 2. The highest BCUT2D eigenvalue weighted by Crippen LogP contribution is 2.26. The van der Waals surface area contributed by atoms with Crippen LogP contribution in [0.25, 0.3) is 16.7 Å². The highest BCUT2D eigenvalue weighted by Gasteiger charge is 2.14. The van der Waals surface area contributed by atoms with Crippen molar-refractivity contribution >= 4 is 39.2 Å². The third-order valence-electron chi connectivity index (χ3n) is 3.18. The van der Waals surface area contributed by atoms with Gasteiger partial charge in [-0.25, -0.2) is 4.39 Å². The predicted octanol–water partition coefficient (Wildman–Crippen LogP) is 3.89. The van der Waals surface area contributed by atoms with Crippen molar-refractivity contribution in [2.75, 3.05) is 0 Å². The SMILES string of the molecule is CCc1nn(C)cc1-n1c(=S)[nH]c2cc(Br)c(F)cc21. The number of imidazole rings is 1. The first-order valence-electron chi connectivity index (χ1n) is 6.14. The van der Waals surface area contributed by atoms with Crippen LogP contribution in [0.3, 0.4) is 0 Å². The Hall–Kier alpha value is -1.47. The fraction of sp³-hybridized carbons (Fsp3) is 0.231. The Morgan fingerprint density at radius 1 is 1.45 bits per heavy atom. The topological polar surface area (TPSA) is 38.5 Å². The summed E-state index contributed by atoms with van der Waals surface area (Å²) in [5.41, 5.74) is 3.30. The third-order valence-corrected chi connectivity index (χ3v) is 4.08. The summed E-state index contributed by atoms with van der Waals surface area (Å²) in [7, 11) is 1.86. The van der Waals surface area contributed by atoms with Crippen molar-refractivity contribution in [1.29, 1.82) is 0 Å². The van der Waals surface area contributed by atoms with Crippen molar-refractivity contribution in [2.45, 2.75) is 13.3 Å². The molecule has 1 N–H and O–H groups in total. The molecule has 0 unspecified atom stereocenters. The van der Waals surface area contributed by atoms with Gasteiger partial charge in [0.2, 0.25) is 0 Å². The zero-order valence-corrected chi connectivity index (χ0v) is 13.3. The van der Waals surface area contributed by atoms with Crippen LogP contribution in [0.5, 0.6) is 0 Å². The molecule has 1 aromatic carbocycles. The van der Waals surface area contributed by atoms with Gasteiger partial charge in [0.25, 0.3) is 0 Å². The van der Waals surface area contributed by atoms with Gasteiger partial charge in [-0.1, -0.05) is 6.92 Å². The first-order chi connectivity index (χ1) is 9.51. The second kappa shape index (κ2) is 4.82. The lowest BCUT2D eigenvalue weighted by atomic mass is 10.2. The number of nitrogens with one attached hydrogen (secondary N) is 1. The lowest BCUT2D eigenvalue weighted by Crippen LogP contribution is -1.97. The second-order valence-corrected chi connectivity index (χ2v) is 5.78. The fourth-order valence-electron chi connectivity index (χ4n) is 2.30. The molecule has 3 aromatic rings. The van der Waals surface area contributed by atoms with E-state index in [9.17, 15) is 4.39 Å². The van der Waals surface area contributed by atoms with E-state index >= 15 is 0 Å². The number of H-pyrrole nitrogens is 1. The molecular formula is C13H12BrFN4S. The Labute approximate surface area is 128 Å². The molecule has 0 saturated heterocycles. The first-order valence-corrected chi connectivity index (χ1v) is 7.34. The number of aromatic amines is 1. The number of aryl methyl sites for hydroxylation is 2. The zero-order valence-electron chi connectivity index (χ0n) is 10.9. The maximum absolute atomic E-state index is 13.8. The van der Waals surface area contributed by atoms with E-state index in [1.165, 1.54) is 6.07 Å². The highest BCUT2D eigenvalue weighted by atomic mass is 79.9. The largest absolute Gasteiger partial charge is 0.330 e. The molecule has 2 aromatic heterocycles. The van der Waals surface area contributed by atoms with Gasteiger partial charge >= 0.3 is 0 Å². The molecule has 0 saturated carbocycles. The minimum atomic E-state index is -0.317. The summed E-state index contributed by atoms with van der Waals surface area (Å²) < 4.78 is 18.3.